The number of methoxy groups -OCH3 is 1. The van der Waals surface area contributed by atoms with Gasteiger partial charge in [-0.05, 0) is 67.0 Å². The minimum atomic E-state index is -4.37. The van der Waals surface area contributed by atoms with E-state index in [2.05, 4.69) is 10.0 Å². The molecule has 1 aromatic carbocycles. The molecule has 298 valence electrons. The number of hydrogen-bond donors (Lipinski definition) is 5. The minimum Gasteiger partial charge on any atom is -0.444 e. The van der Waals surface area contributed by atoms with E-state index in [1.54, 1.807) is 53.7 Å². The number of benzene rings is 1. The first-order chi connectivity index (χ1) is 24.4. The van der Waals surface area contributed by atoms with Gasteiger partial charge < -0.3 is 49.2 Å². The Morgan fingerprint density at radius 2 is 1.55 bits per heavy atom. The number of sulfonamides is 1. The molecule has 53 heavy (non-hydrogen) atoms. The highest BCUT2D eigenvalue weighted by molar-refractivity contribution is 7.89. The molecule has 4 rings (SSSR count). The first-order valence-corrected chi connectivity index (χ1v) is 18.8. The number of aliphatic hydroxyl groups excluding tert-OH is 2. The van der Waals surface area contributed by atoms with Gasteiger partial charge in [0.2, 0.25) is 10.0 Å². The number of nitrogens with zero attached hydrogens (tertiary/aromatic N) is 2. The Bertz CT molecular complexity index is 1610. The molecular formula is C34H52N4O14S. The van der Waals surface area contributed by atoms with Gasteiger partial charge in [0.1, 0.15) is 41.2 Å². The van der Waals surface area contributed by atoms with E-state index in [-0.39, 0.29) is 17.5 Å². The lowest BCUT2D eigenvalue weighted by molar-refractivity contribution is -0.305. The van der Waals surface area contributed by atoms with E-state index >= 15 is 0 Å². The van der Waals surface area contributed by atoms with Crippen LogP contribution in [0, 0.1) is 0 Å². The zero-order valence-corrected chi connectivity index (χ0v) is 32.2. The van der Waals surface area contributed by atoms with Crippen molar-refractivity contribution in [2.75, 3.05) is 33.1 Å². The summed E-state index contributed by atoms with van der Waals surface area (Å²) in [5.41, 5.74) is -3.31. The van der Waals surface area contributed by atoms with Crippen LogP contribution in [0.5, 0.6) is 0 Å². The van der Waals surface area contributed by atoms with E-state index in [0.717, 1.165) is 9.80 Å². The topological polar surface area (TPSA) is 240 Å². The van der Waals surface area contributed by atoms with Crippen LogP contribution in [0.2, 0.25) is 0 Å². The first kappa shape index (κ1) is 42.3. The van der Waals surface area contributed by atoms with E-state index in [0.29, 0.717) is 0 Å². The van der Waals surface area contributed by atoms with Gasteiger partial charge in [0.25, 0.3) is 11.8 Å². The molecule has 1 saturated carbocycles. The van der Waals surface area contributed by atoms with Gasteiger partial charge in [0, 0.05) is 20.7 Å². The SMILES string of the molecule is CO[C@H]1[C@H](O)[C@@H](O[C@H]2OC[C@](C)(O)[C@H](N(C)C(=O)OC(C)(C)C)[C@H]2O)[C@H](NS(=O)(=O)CCN2C(=O)c3ccccc3C2=O)C[C@@H]1NC(=O)OC(C)(C)C. The average molecular weight is 773 g/mol. The number of nitrogens with one attached hydrogen (secondary N) is 2. The number of fused-ring (bicyclic) bond motifs is 1. The van der Waals surface area contributed by atoms with Crippen LogP contribution in [0.3, 0.4) is 0 Å². The Kier molecular flexibility index (Phi) is 12.6. The fraction of sp³-hybridized carbons (Fsp3) is 0.706. The Balaban J connectivity index is 1.60. The lowest BCUT2D eigenvalue weighted by Gasteiger charge is -2.50. The van der Waals surface area contributed by atoms with Gasteiger partial charge in [-0.3, -0.25) is 14.5 Å². The molecular weight excluding hydrogens is 720 g/mol. The molecule has 4 amide bonds. The Morgan fingerprint density at radius 3 is 2.08 bits per heavy atom. The number of carbonyl (C=O) groups excluding carboxylic acids is 4. The van der Waals surface area contributed by atoms with Crippen LogP contribution < -0.4 is 10.0 Å². The number of hydrogen-bond acceptors (Lipinski definition) is 14. The Hall–Kier alpha value is -3.43. The predicted molar refractivity (Wildman–Crippen MR) is 186 cm³/mol. The number of aliphatic hydroxyl groups is 3. The molecule has 18 nitrogen and oxygen atoms in total. The van der Waals surface area contributed by atoms with E-state index < -0.39 is 119 Å². The summed E-state index contributed by atoms with van der Waals surface area (Å²) < 4.78 is 57.8. The highest BCUT2D eigenvalue weighted by atomic mass is 32.2. The number of rotatable bonds is 10. The van der Waals surface area contributed by atoms with Crippen molar-refractivity contribution in [1.82, 2.24) is 19.8 Å². The molecule has 9 atom stereocenters. The van der Waals surface area contributed by atoms with Gasteiger partial charge in [-0.2, -0.15) is 0 Å². The number of carbonyl (C=O) groups is 4. The van der Waals surface area contributed by atoms with Crippen molar-refractivity contribution in [3.63, 3.8) is 0 Å². The first-order valence-electron chi connectivity index (χ1n) is 17.1. The van der Waals surface area contributed by atoms with Gasteiger partial charge in [-0.15, -0.1) is 0 Å². The fourth-order valence-corrected chi connectivity index (χ4v) is 7.89. The van der Waals surface area contributed by atoms with Crippen LogP contribution in [0.15, 0.2) is 24.3 Å². The van der Waals surface area contributed by atoms with Crippen LogP contribution in [0.25, 0.3) is 0 Å². The summed E-state index contributed by atoms with van der Waals surface area (Å²) in [6.45, 7) is 10.3. The lowest BCUT2D eigenvalue weighted by Crippen LogP contribution is -2.70. The quantitative estimate of drug-likeness (QED) is 0.202. The Morgan fingerprint density at radius 1 is 0.981 bits per heavy atom. The molecule has 0 aromatic heterocycles. The number of ether oxygens (including phenoxy) is 5. The molecule has 2 aliphatic heterocycles. The highest BCUT2D eigenvalue weighted by Gasteiger charge is 2.54. The fourth-order valence-electron chi connectivity index (χ4n) is 6.66. The average Bonchev–Trinajstić information content (AvgIpc) is 3.25. The van der Waals surface area contributed by atoms with Crippen molar-refractivity contribution >= 4 is 34.0 Å². The summed E-state index contributed by atoms with van der Waals surface area (Å²) >= 11 is 0. The molecule has 0 spiro atoms. The summed E-state index contributed by atoms with van der Waals surface area (Å²) in [5.74, 6) is -2.03. The van der Waals surface area contributed by atoms with Crippen molar-refractivity contribution in [3.8, 4) is 0 Å². The molecule has 0 unspecified atom stereocenters. The van der Waals surface area contributed by atoms with Crippen LogP contribution in [-0.2, 0) is 33.7 Å². The van der Waals surface area contributed by atoms with E-state index in [1.807, 2.05) is 0 Å². The second kappa shape index (κ2) is 15.7. The van der Waals surface area contributed by atoms with Crippen LogP contribution in [-0.4, -0.2) is 156 Å². The van der Waals surface area contributed by atoms with Crippen LogP contribution in [0.4, 0.5) is 9.59 Å². The van der Waals surface area contributed by atoms with Crippen molar-refractivity contribution in [2.24, 2.45) is 0 Å². The summed E-state index contributed by atoms with van der Waals surface area (Å²) in [7, 11) is -1.80. The van der Waals surface area contributed by atoms with Gasteiger partial charge in [0.05, 0.1) is 41.6 Å². The number of imide groups is 1. The van der Waals surface area contributed by atoms with Crippen molar-refractivity contribution < 1.29 is 66.6 Å². The third-order valence-corrected chi connectivity index (χ3v) is 10.3. The maximum atomic E-state index is 13.6. The molecule has 1 aromatic rings. The summed E-state index contributed by atoms with van der Waals surface area (Å²) in [5, 5.41) is 36.9. The molecule has 0 bridgehead atoms. The lowest BCUT2D eigenvalue weighted by atomic mass is 9.83. The zero-order valence-electron chi connectivity index (χ0n) is 31.4. The summed E-state index contributed by atoms with van der Waals surface area (Å²) in [6.07, 6.45) is -9.78. The van der Waals surface area contributed by atoms with E-state index in [1.165, 1.54) is 33.2 Å². The third-order valence-electron chi connectivity index (χ3n) is 8.91. The predicted octanol–water partition coefficient (Wildman–Crippen LogP) is 0.332. The van der Waals surface area contributed by atoms with Gasteiger partial charge in [-0.1, -0.05) is 12.1 Å². The molecule has 2 heterocycles. The van der Waals surface area contributed by atoms with Crippen molar-refractivity contribution in [3.05, 3.63) is 35.4 Å². The normalized spacial score (nSPS) is 30.8. The number of likely N-dealkylation sites (N-methyl/N-ethyl adjacent to an activating group) is 1. The zero-order chi connectivity index (χ0) is 39.8. The summed E-state index contributed by atoms with van der Waals surface area (Å²) in [4.78, 5) is 53.4. The van der Waals surface area contributed by atoms with Gasteiger partial charge >= 0.3 is 12.2 Å². The molecule has 1 aliphatic carbocycles. The van der Waals surface area contributed by atoms with Crippen LogP contribution >= 0.6 is 0 Å². The van der Waals surface area contributed by atoms with E-state index in [4.69, 9.17) is 23.7 Å². The molecule has 1 saturated heterocycles. The second-order valence-corrected chi connectivity index (χ2v) is 17.6. The largest absolute Gasteiger partial charge is 0.444 e. The van der Waals surface area contributed by atoms with Crippen molar-refractivity contribution in [1.29, 1.82) is 0 Å². The highest BCUT2D eigenvalue weighted by Crippen LogP contribution is 2.34. The number of alkyl carbamates (subject to hydrolysis) is 1. The van der Waals surface area contributed by atoms with Crippen molar-refractivity contribution in [2.45, 2.75) is 121 Å². The second-order valence-electron chi connectivity index (χ2n) is 15.7. The number of amides is 4. The third kappa shape index (κ3) is 10.0. The van der Waals surface area contributed by atoms with Gasteiger partial charge in [0.15, 0.2) is 6.29 Å². The molecule has 0 radical (unpaired) electrons. The molecule has 19 heteroatoms. The van der Waals surface area contributed by atoms with E-state index in [9.17, 15) is 42.9 Å². The summed E-state index contributed by atoms with van der Waals surface area (Å²) in [6, 6.07) is 2.36. The maximum absolute atomic E-state index is 13.6. The standard InChI is InChI=1S/C34H52N4O14S/c1-32(2,3)51-30(43)35-20-16-21(36-53(46,47)15-14-38-27(41)18-12-10-11-13-19(18)28(38)42)25(22(39)24(20)48-9)50-29-23(40)26(34(7,45)17-49-29)37(8)31(44)52-33(4,5)6/h10-13,20-26,29,36,39-40,45H,14-17H2,1-9H3,(H,35,43)/t20-,21+,22-,23+,24+,25-,26+,29+,34-/m0/s1. The van der Waals surface area contributed by atoms with Gasteiger partial charge in [-0.25, -0.2) is 22.7 Å². The maximum Gasteiger partial charge on any atom is 0.410 e. The monoisotopic (exact) mass is 772 g/mol. The molecule has 5 N–H and O–H groups in total. The Labute approximate surface area is 309 Å². The smallest absolute Gasteiger partial charge is 0.410 e. The molecule has 3 aliphatic rings. The molecule has 2 fully saturated rings. The van der Waals surface area contributed by atoms with Crippen LogP contribution in [0.1, 0.15) is 75.6 Å². The minimum absolute atomic E-state index is 0.147.